The molecule has 5 heavy (non-hydrogen) atoms. The van der Waals surface area contributed by atoms with Crippen molar-refractivity contribution in [2.45, 2.75) is 0 Å². The molecule has 0 saturated carbocycles. The molecule has 0 aliphatic rings. The van der Waals surface area contributed by atoms with Crippen molar-refractivity contribution in [1.82, 2.24) is 0 Å². The lowest BCUT2D eigenvalue weighted by molar-refractivity contribution is 2.18. The molecule has 2 heteroatoms. The lowest BCUT2D eigenvalue weighted by Crippen LogP contribution is -1.72. The van der Waals surface area contributed by atoms with E-state index in [0.29, 0.717) is 0 Å². The summed E-state index contributed by atoms with van der Waals surface area (Å²) in [7, 11) is -0.354. The van der Waals surface area contributed by atoms with E-state index in [9.17, 15) is 0 Å². The monoisotopic (exact) mass is 156 g/mol. The van der Waals surface area contributed by atoms with Gasteiger partial charge >= 0.3 is 0 Å². The second-order valence-electron chi connectivity index (χ2n) is 1.69. The Morgan fingerprint density at radius 1 is 1.20 bits per heavy atom. The van der Waals surface area contributed by atoms with Crippen molar-refractivity contribution < 1.29 is 0 Å². The summed E-state index contributed by atoms with van der Waals surface area (Å²) in [6, 6.07) is 0. The Balaban J connectivity index is 3.02. The molecule has 0 N–H and O–H groups in total. The van der Waals surface area contributed by atoms with Gasteiger partial charge in [-0.2, -0.15) is 8.46 Å². The van der Waals surface area contributed by atoms with Crippen LogP contribution in [0, 0.1) is 0 Å². The zero-order chi connectivity index (χ0) is 4.50. The van der Waals surface area contributed by atoms with E-state index in [1.165, 1.54) is 0 Å². The largest absolute Gasteiger partial charge is 0.192 e. The van der Waals surface area contributed by atoms with E-state index in [4.69, 9.17) is 0 Å². The molecular formula is C3H9BrS. The first-order chi connectivity index (χ1) is 2.00. The molecule has 0 aromatic heterocycles. The quantitative estimate of drug-likeness (QED) is 0.504. The van der Waals surface area contributed by atoms with E-state index in [-0.39, 0.29) is 8.46 Å². The molecule has 0 amide bonds. The highest BCUT2D eigenvalue weighted by molar-refractivity contribution is 9.58. The van der Waals surface area contributed by atoms with Crippen LogP contribution < -0.4 is 0 Å². The minimum Gasteiger partial charge on any atom is -0.192 e. The summed E-state index contributed by atoms with van der Waals surface area (Å²) in [5.41, 5.74) is 0. The van der Waals surface area contributed by atoms with E-state index >= 15 is 0 Å². The fourth-order valence-electron chi connectivity index (χ4n) is 0. The summed E-state index contributed by atoms with van der Waals surface area (Å²) in [4.78, 5) is 0. The first kappa shape index (κ1) is 5.83. The van der Waals surface area contributed by atoms with Crippen molar-refractivity contribution in [3.8, 4) is 0 Å². The summed E-state index contributed by atoms with van der Waals surface area (Å²) in [6.45, 7) is 0. The third kappa shape index (κ3) is 56.2. The van der Waals surface area contributed by atoms with Crippen LogP contribution >= 0.6 is 23.3 Å². The summed E-state index contributed by atoms with van der Waals surface area (Å²) >= 11 is 3.46. The van der Waals surface area contributed by atoms with E-state index in [1.54, 1.807) is 0 Å². The van der Waals surface area contributed by atoms with Gasteiger partial charge in [0.15, 0.2) is 0 Å². The molecule has 0 bridgehead atoms. The van der Waals surface area contributed by atoms with E-state index in [0.717, 1.165) is 0 Å². The Labute approximate surface area is 42.5 Å². The van der Waals surface area contributed by atoms with Crippen molar-refractivity contribution in [2.24, 2.45) is 0 Å². The molecule has 0 aromatic carbocycles. The second kappa shape index (κ2) is 1.52. The Bertz CT molecular complexity index is 22.4. The highest BCUT2D eigenvalue weighted by atomic mass is 79.9. The van der Waals surface area contributed by atoms with Crippen LogP contribution in [0.5, 0.6) is 0 Å². The number of halogens is 1. The minimum atomic E-state index is -0.354. The molecule has 0 nitrogen and oxygen atoms in total. The third-order valence-corrected chi connectivity index (χ3v) is 0. The van der Waals surface area contributed by atoms with Crippen LogP contribution in [0.2, 0.25) is 0 Å². The van der Waals surface area contributed by atoms with Crippen LogP contribution in [0.15, 0.2) is 0 Å². The van der Waals surface area contributed by atoms with Crippen LogP contribution in [0.3, 0.4) is 0 Å². The predicted octanol–water partition coefficient (Wildman–Crippen LogP) is 1.99. The van der Waals surface area contributed by atoms with Crippen LogP contribution in [-0.4, -0.2) is 18.8 Å². The summed E-state index contributed by atoms with van der Waals surface area (Å²) in [6.07, 6.45) is 6.56. The fourth-order valence-corrected chi connectivity index (χ4v) is 0. The first-order valence-corrected chi connectivity index (χ1v) is 6.08. The summed E-state index contributed by atoms with van der Waals surface area (Å²) in [5.74, 6) is 0. The van der Waals surface area contributed by atoms with Gasteiger partial charge in [-0.15, -0.1) is 0 Å². The Morgan fingerprint density at radius 3 is 1.20 bits per heavy atom. The Kier molecular flexibility index (Phi) is 1.77. The Hall–Kier alpha value is 0.830. The minimum absolute atomic E-state index is 0.354. The molecule has 0 saturated heterocycles. The fraction of sp³-hybridized carbons (Fsp3) is 1.00. The molecular weight excluding hydrogens is 148 g/mol. The van der Waals surface area contributed by atoms with Gasteiger partial charge < -0.3 is 0 Å². The van der Waals surface area contributed by atoms with Gasteiger partial charge in [0.25, 0.3) is 0 Å². The van der Waals surface area contributed by atoms with E-state index in [1.807, 2.05) is 0 Å². The maximum atomic E-state index is 3.46. The summed E-state index contributed by atoms with van der Waals surface area (Å²) < 4.78 is 0. The van der Waals surface area contributed by atoms with Gasteiger partial charge in [-0.3, -0.25) is 0 Å². The third-order valence-electron chi connectivity index (χ3n) is 0. The predicted molar refractivity (Wildman–Crippen MR) is 34.3 cm³/mol. The van der Waals surface area contributed by atoms with Gasteiger partial charge in [0, 0.05) is 0 Å². The van der Waals surface area contributed by atoms with Crippen LogP contribution in [-0.2, 0) is 0 Å². The molecule has 0 aliphatic carbocycles. The standard InChI is InChI=1S/C3H9BrS/c1-5(2,3)4/h1-3H3. The van der Waals surface area contributed by atoms with Gasteiger partial charge in [0.05, 0.1) is 0 Å². The van der Waals surface area contributed by atoms with Gasteiger partial charge in [-0.1, -0.05) is 0 Å². The van der Waals surface area contributed by atoms with Crippen molar-refractivity contribution in [3.63, 3.8) is 0 Å². The lowest BCUT2D eigenvalue weighted by atomic mass is 11.9. The zero-order valence-electron chi connectivity index (χ0n) is 3.79. The number of hydrogen-bond donors (Lipinski definition) is 0. The molecule has 0 atom stereocenters. The highest BCUT2D eigenvalue weighted by Crippen LogP contribution is 2.43. The SMILES string of the molecule is CS(C)(C)Br. The van der Waals surface area contributed by atoms with E-state index < -0.39 is 0 Å². The highest BCUT2D eigenvalue weighted by Gasteiger charge is 1.89. The average molecular weight is 157 g/mol. The maximum Gasteiger partial charge on any atom is -0.0258 e. The first-order valence-electron chi connectivity index (χ1n) is 1.38. The van der Waals surface area contributed by atoms with Crippen LogP contribution in [0.4, 0.5) is 0 Å². The average Bonchev–Trinajstić information content (AvgIpc) is 0.722. The molecule has 0 radical (unpaired) electrons. The molecule has 0 heterocycles. The van der Waals surface area contributed by atoms with Crippen molar-refractivity contribution in [2.75, 3.05) is 18.8 Å². The van der Waals surface area contributed by atoms with Crippen molar-refractivity contribution in [1.29, 1.82) is 0 Å². The topological polar surface area (TPSA) is 0 Å². The van der Waals surface area contributed by atoms with Crippen molar-refractivity contribution in [3.05, 3.63) is 0 Å². The lowest BCUT2D eigenvalue weighted by Gasteiger charge is -2.11. The molecule has 0 spiro atoms. The normalized spacial score (nSPS) is 15.2. The number of hydrogen-bond acceptors (Lipinski definition) is 0. The molecule has 0 aliphatic heterocycles. The van der Waals surface area contributed by atoms with E-state index in [2.05, 4.69) is 33.6 Å². The van der Waals surface area contributed by atoms with Gasteiger partial charge in [0.2, 0.25) is 0 Å². The van der Waals surface area contributed by atoms with Gasteiger partial charge in [-0.25, -0.2) is 0 Å². The molecule has 34 valence electrons. The van der Waals surface area contributed by atoms with Crippen molar-refractivity contribution >= 4 is 23.3 Å². The molecule has 0 aromatic rings. The number of rotatable bonds is 0. The molecule has 0 unspecified atom stereocenters. The second-order valence-corrected chi connectivity index (χ2v) is 10.9. The van der Waals surface area contributed by atoms with Crippen LogP contribution in [0.25, 0.3) is 0 Å². The zero-order valence-corrected chi connectivity index (χ0v) is 6.19. The van der Waals surface area contributed by atoms with Gasteiger partial charge in [-0.05, 0) is 33.6 Å². The smallest absolute Gasteiger partial charge is 0.0258 e. The van der Waals surface area contributed by atoms with Gasteiger partial charge in [0.1, 0.15) is 0 Å². The molecule has 0 rings (SSSR count). The van der Waals surface area contributed by atoms with Crippen LogP contribution in [0.1, 0.15) is 0 Å². The maximum absolute atomic E-state index is 3.46. The Morgan fingerprint density at radius 2 is 1.20 bits per heavy atom. The molecule has 0 fully saturated rings. The summed E-state index contributed by atoms with van der Waals surface area (Å²) in [5, 5.41) is 0.